The summed E-state index contributed by atoms with van der Waals surface area (Å²) in [5, 5.41) is 0. The number of nitrogens with zero attached hydrogens (tertiary/aromatic N) is 1. The Labute approximate surface area is 78.2 Å². The molecule has 13 heavy (non-hydrogen) atoms. The van der Waals surface area contributed by atoms with Gasteiger partial charge in [-0.15, -0.1) is 0 Å². The van der Waals surface area contributed by atoms with Gasteiger partial charge < -0.3 is 0 Å². The molecule has 3 atom stereocenters. The normalized spacial score (nSPS) is 31.7. The fraction of sp³-hybridized carbons (Fsp3) is 0.900. The maximum Gasteiger partial charge on any atom is 0.141 e. The van der Waals surface area contributed by atoms with E-state index in [2.05, 4.69) is 4.99 Å². The zero-order valence-corrected chi connectivity index (χ0v) is 8.43. The van der Waals surface area contributed by atoms with Gasteiger partial charge in [-0.2, -0.15) is 0 Å². The van der Waals surface area contributed by atoms with Gasteiger partial charge >= 0.3 is 0 Å². The van der Waals surface area contributed by atoms with Crippen molar-refractivity contribution >= 4 is 5.71 Å². The van der Waals surface area contributed by atoms with E-state index in [9.17, 15) is 8.78 Å². The third-order valence-corrected chi connectivity index (χ3v) is 2.72. The first-order valence-electron chi connectivity index (χ1n) is 4.84. The lowest BCUT2D eigenvalue weighted by atomic mass is 9.87. The highest BCUT2D eigenvalue weighted by Crippen LogP contribution is 2.23. The summed E-state index contributed by atoms with van der Waals surface area (Å²) in [5.41, 5.74) is 0.559. The zero-order chi connectivity index (χ0) is 10.0. The second-order valence-electron chi connectivity index (χ2n) is 4.10. The molecule has 0 fully saturated rings. The van der Waals surface area contributed by atoms with Gasteiger partial charge in [0.15, 0.2) is 0 Å². The van der Waals surface area contributed by atoms with Gasteiger partial charge in [-0.25, -0.2) is 8.78 Å². The quantitative estimate of drug-likeness (QED) is 0.633. The van der Waals surface area contributed by atoms with Crippen molar-refractivity contribution in [1.29, 1.82) is 0 Å². The highest BCUT2D eigenvalue weighted by atomic mass is 19.1. The summed E-state index contributed by atoms with van der Waals surface area (Å²) in [6.45, 7) is 6.16. The summed E-state index contributed by atoms with van der Waals surface area (Å²) < 4.78 is 26.1. The predicted octanol–water partition coefficient (Wildman–Crippen LogP) is 2.80. The molecule has 0 aromatic rings. The monoisotopic (exact) mass is 189 g/mol. The lowest BCUT2D eigenvalue weighted by molar-refractivity contribution is 0.244. The van der Waals surface area contributed by atoms with Crippen molar-refractivity contribution in [3.8, 4) is 0 Å². The molecular formula is C10H17F2N. The van der Waals surface area contributed by atoms with Gasteiger partial charge in [-0.05, 0) is 11.8 Å². The molecule has 1 nitrogen and oxygen atoms in total. The number of hydrogen-bond acceptors (Lipinski definition) is 1. The minimum atomic E-state index is -1.17. The fourth-order valence-electron chi connectivity index (χ4n) is 1.49. The van der Waals surface area contributed by atoms with Crippen LogP contribution in [0.1, 0.15) is 27.2 Å². The molecule has 1 aliphatic rings. The van der Waals surface area contributed by atoms with Crippen LogP contribution in [0.3, 0.4) is 0 Å². The van der Waals surface area contributed by atoms with Gasteiger partial charge in [0.05, 0.1) is 6.54 Å². The van der Waals surface area contributed by atoms with E-state index in [0.717, 1.165) is 0 Å². The standard InChI is InChI=1S/C10H17F2N/c1-6(2)7(3)10-9(12)4-8(11)5-13-10/h6-9H,4-5H2,1-3H3. The molecular weight excluding hydrogens is 172 g/mol. The third-order valence-electron chi connectivity index (χ3n) is 2.72. The second kappa shape index (κ2) is 4.16. The zero-order valence-electron chi connectivity index (χ0n) is 8.43. The minimum Gasteiger partial charge on any atom is -0.288 e. The Bertz CT molecular complexity index is 201. The summed E-state index contributed by atoms with van der Waals surface area (Å²) in [4.78, 5) is 3.98. The Morgan fingerprint density at radius 2 is 1.92 bits per heavy atom. The van der Waals surface area contributed by atoms with Crippen LogP contribution in [-0.2, 0) is 0 Å². The van der Waals surface area contributed by atoms with E-state index in [1.807, 2.05) is 20.8 Å². The second-order valence-corrected chi connectivity index (χ2v) is 4.10. The van der Waals surface area contributed by atoms with E-state index >= 15 is 0 Å². The topological polar surface area (TPSA) is 12.4 Å². The van der Waals surface area contributed by atoms with E-state index in [1.165, 1.54) is 0 Å². The smallest absolute Gasteiger partial charge is 0.141 e. The van der Waals surface area contributed by atoms with Crippen molar-refractivity contribution in [2.45, 2.75) is 39.5 Å². The number of rotatable bonds is 2. The van der Waals surface area contributed by atoms with Gasteiger partial charge in [0, 0.05) is 12.1 Å². The van der Waals surface area contributed by atoms with Gasteiger partial charge in [0.2, 0.25) is 0 Å². The maximum atomic E-state index is 13.3. The van der Waals surface area contributed by atoms with E-state index < -0.39 is 12.3 Å². The summed E-state index contributed by atoms with van der Waals surface area (Å²) >= 11 is 0. The molecule has 3 unspecified atom stereocenters. The van der Waals surface area contributed by atoms with Crippen molar-refractivity contribution in [2.24, 2.45) is 16.8 Å². The average molecular weight is 189 g/mol. The molecule has 0 radical (unpaired) electrons. The number of alkyl halides is 2. The maximum absolute atomic E-state index is 13.3. The molecule has 76 valence electrons. The highest BCUT2D eigenvalue weighted by molar-refractivity contribution is 5.91. The molecule has 0 N–H and O–H groups in total. The molecule has 0 aromatic carbocycles. The fourth-order valence-corrected chi connectivity index (χ4v) is 1.49. The van der Waals surface area contributed by atoms with Crippen molar-refractivity contribution in [3.05, 3.63) is 0 Å². The molecule has 0 saturated heterocycles. The van der Waals surface area contributed by atoms with Crippen LogP contribution in [0.2, 0.25) is 0 Å². The Morgan fingerprint density at radius 1 is 1.31 bits per heavy atom. The van der Waals surface area contributed by atoms with Gasteiger partial charge in [-0.3, -0.25) is 4.99 Å². The number of halogens is 2. The van der Waals surface area contributed by atoms with Crippen molar-refractivity contribution in [3.63, 3.8) is 0 Å². The van der Waals surface area contributed by atoms with Crippen molar-refractivity contribution in [1.82, 2.24) is 0 Å². The molecule has 1 rings (SSSR count). The average Bonchev–Trinajstić information content (AvgIpc) is 2.03. The third kappa shape index (κ3) is 2.48. The molecule has 1 heterocycles. The van der Waals surface area contributed by atoms with Gasteiger partial charge in [-0.1, -0.05) is 20.8 Å². The Morgan fingerprint density at radius 3 is 2.38 bits per heavy atom. The van der Waals surface area contributed by atoms with Gasteiger partial charge in [0.25, 0.3) is 0 Å². The lowest BCUT2D eigenvalue weighted by Gasteiger charge is -2.25. The first kappa shape index (κ1) is 10.6. The molecule has 0 aliphatic carbocycles. The molecule has 1 aliphatic heterocycles. The Balaban J connectivity index is 2.68. The van der Waals surface area contributed by atoms with E-state index in [-0.39, 0.29) is 18.9 Å². The summed E-state index contributed by atoms with van der Waals surface area (Å²) in [6, 6.07) is 0. The van der Waals surface area contributed by atoms with Crippen LogP contribution in [0.25, 0.3) is 0 Å². The van der Waals surface area contributed by atoms with E-state index in [0.29, 0.717) is 11.6 Å². The molecule has 0 aromatic heterocycles. The van der Waals surface area contributed by atoms with Crippen LogP contribution in [-0.4, -0.2) is 24.6 Å². The number of aliphatic imine (C=N–C) groups is 1. The van der Waals surface area contributed by atoms with Crippen molar-refractivity contribution < 1.29 is 8.78 Å². The first-order chi connectivity index (χ1) is 6.02. The van der Waals surface area contributed by atoms with Gasteiger partial charge in [0.1, 0.15) is 12.3 Å². The largest absolute Gasteiger partial charge is 0.288 e. The van der Waals surface area contributed by atoms with Crippen LogP contribution < -0.4 is 0 Å². The molecule has 3 heteroatoms. The van der Waals surface area contributed by atoms with Crippen LogP contribution in [0.15, 0.2) is 4.99 Å². The highest BCUT2D eigenvalue weighted by Gasteiger charge is 2.29. The minimum absolute atomic E-state index is 0.00407. The number of hydrogen-bond donors (Lipinski definition) is 0. The van der Waals surface area contributed by atoms with Crippen LogP contribution in [0.5, 0.6) is 0 Å². The Hall–Kier alpha value is -0.470. The summed E-state index contributed by atoms with van der Waals surface area (Å²) in [7, 11) is 0. The predicted molar refractivity (Wildman–Crippen MR) is 50.7 cm³/mol. The molecule has 0 spiro atoms. The van der Waals surface area contributed by atoms with Crippen molar-refractivity contribution in [2.75, 3.05) is 6.54 Å². The van der Waals surface area contributed by atoms with Crippen LogP contribution in [0.4, 0.5) is 8.78 Å². The molecule has 0 amide bonds. The summed E-state index contributed by atoms with van der Waals surface area (Å²) in [5.74, 6) is 0.496. The SMILES string of the molecule is CC(C)C(C)C1=NCC(F)CC1F. The van der Waals surface area contributed by atoms with E-state index in [1.54, 1.807) is 0 Å². The van der Waals surface area contributed by atoms with Crippen LogP contribution in [0, 0.1) is 11.8 Å². The van der Waals surface area contributed by atoms with E-state index in [4.69, 9.17) is 0 Å². The molecule has 0 bridgehead atoms. The first-order valence-corrected chi connectivity index (χ1v) is 4.84. The van der Waals surface area contributed by atoms with Crippen LogP contribution >= 0.6 is 0 Å². The molecule has 0 saturated carbocycles. The summed E-state index contributed by atoms with van der Waals surface area (Å²) in [6.07, 6.45) is -2.25. The Kier molecular flexibility index (Phi) is 3.40. The lowest BCUT2D eigenvalue weighted by Crippen LogP contribution is -2.34.